The van der Waals surface area contributed by atoms with Gasteiger partial charge in [-0.25, -0.2) is 0 Å². The predicted octanol–water partition coefficient (Wildman–Crippen LogP) is 2.58. The minimum Gasteiger partial charge on any atom is -0.330 e. The van der Waals surface area contributed by atoms with Crippen LogP contribution in [0.25, 0.3) is 0 Å². The van der Waals surface area contributed by atoms with Gasteiger partial charge in [-0.2, -0.15) is 11.8 Å². The molecule has 0 amide bonds. The molecule has 0 saturated carbocycles. The van der Waals surface area contributed by atoms with Crippen molar-refractivity contribution < 1.29 is 0 Å². The zero-order valence-corrected chi connectivity index (χ0v) is 11.9. The summed E-state index contributed by atoms with van der Waals surface area (Å²) in [6, 6.07) is 0. The van der Waals surface area contributed by atoms with Crippen LogP contribution in [0.4, 0.5) is 0 Å². The van der Waals surface area contributed by atoms with Crippen molar-refractivity contribution in [2.24, 2.45) is 17.6 Å². The molecule has 0 aromatic rings. The van der Waals surface area contributed by atoms with E-state index >= 15 is 0 Å². The Morgan fingerprint density at radius 1 is 1.06 bits per heavy atom. The lowest BCUT2D eigenvalue weighted by molar-refractivity contribution is 0.191. The zero-order chi connectivity index (χ0) is 11.9. The van der Waals surface area contributed by atoms with Crippen LogP contribution in [0.15, 0.2) is 0 Å². The molecule has 1 unspecified atom stereocenters. The maximum atomic E-state index is 6.03. The van der Waals surface area contributed by atoms with Gasteiger partial charge in [-0.05, 0) is 68.7 Å². The molecule has 1 atom stereocenters. The summed E-state index contributed by atoms with van der Waals surface area (Å²) < 4.78 is 0. The Hall–Kier alpha value is 0.270. The van der Waals surface area contributed by atoms with Crippen LogP contribution in [-0.4, -0.2) is 42.6 Å². The Balaban J connectivity index is 1.80. The number of hydrogen-bond acceptors (Lipinski definition) is 3. The minimum atomic E-state index is 0.758. The first kappa shape index (κ1) is 13.7. The number of rotatable bonds is 4. The molecular weight excluding hydrogens is 228 g/mol. The van der Waals surface area contributed by atoms with Gasteiger partial charge in [0, 0.05) is 6.54 Å². The van der Waals surface area contributed by atoms with Gasteiger partial charge in [0.05, 0.1) is 0 Å². The molecule has 2 nitrogen and oxygen atoms in total. The summed E-state index contributed by atoms with van der Waals surface area (Å²) in [5.74, 6) is 4.39. The standard InChI is InChI=1S/C14H28N2S/c15-11-14(13-5-9-17-10-6-13)12-16-7-3-1-2-4-8-16/h13-14H,1-12,15H2. The third-order valence-electron chi connectivity index (χ3n) is 4.43. The van der Waals surface area contributed by atoms with E-state index < -0.39 is 0 Å². The monoisotopic (exact) mass is 256 g/mol. The number of thioether (sulfide) groups is 1. The summed E-state index contributed by atoms with van der Waals surface area (Å²) in [7, 11) is 0. The van der Waals surface area contributed by atoms with Crippen LogP contribution in [0, 0.1) is 11.8 Å². The van der Waals surface area contributed by atoms with Crippen LogP contribution < -0.4 is 5.73 Å². The summed E-state index contributed by atoms with van der Waals surface area (Å²) in [6.07, 6.45) is 8.48. The molecule has 2 aliphatic heterocycles. The number of hydrogen-bond donors (Lipinski definition) is 1. The highest BCUT2D eigenvalue weighted by Gasteiger charge is 2.24. The lowest BCUT2D eigenvalue weighted by Gasteiger charge is -2.33. The Bertz CT molecular complexity index is 196. The van der Waals surface area contributed by atoms with Crippen LogP contribution in [0.5, 0.6) is 0 Å². The molecule has 0 aromatic carbocycles. The van der Waals surface area contributed by atoms with E-state index in [1.165, 1.54) is 69.7 Å². The predicted molar refractivity (Wildman–Crippen MR) is 77.5 cm³/mol. The normalized spacial score (nSPS) is 26.6. The summed E-state index contributed by atoms with van der Waals surface area (Å²) in [5, 5.41) is 0. The molecule has 2 heterocycles. The molecular formula is C14H28N2S. The third kappa shape index (κ3) is 4.46. The Morgan fingerprint density at radius 2 is 1.71 bits per heavy atom. The molecule has 0 aromatic heterocycles. The topological polar surface area (TPSA) is 29.3 Å². The highest BCUT2D eigenvalue weighted by atomic mass is 32.2. The van der Waals surface area contributed by atoms with Crippen LogP contribution in [0.1, 0.15) is 38.5 Å². The van der Waals surface area contributed by atoms with Gasteiger partial charge in [0.1, 0.15) is 0 Å². The SMILES string of the molecule is NCC(CN1CCCCCC1)C1CCSCC1. The van der Waals surface area contributed by atoms with Crippen molar-refractivity contribution in [2.75, 3.05) is 37.7 Å². The molecule has 2 fully saturated rings. The van der Waals surface area contributed by atoms with Crippen molar-refractivity contribution >= 4 is 11.8 Å². The van der Waals surface area contributed by atoms with Gasteiger partial charge in [-0.3, -0.25) is 0 Å². The highest BCUT2D eigenvalue weighted by Crippen LogP contribution is 2.29. The van der Waals surface area contributed by atoms with Gasteiger partial charge in [0.25, 0.3) is 0 Å². The second kappa shape index (κ2) is 7.65. The molecule has 2 saturated heterocycles. The quantitative estimate of drug-likeness (QED) is 0.838. The zero-order valence-electron chi connectivity index (χ0n) is 11.1. The van der Waals surface area contributed by atoms with E-state index in [1.807, 2.05) is 0 Å². The van der Waals surface area contributed by atoms with Crippen molar-refractivity contribution in [3.8, 4) is 0 Å². The highest BCUT2D eigenvalue weighted by molar-refractivity contribution is 7.99. The van der Waals surface area contributed by atoms with Crippen molar-refractivity contribution in [1.29, 1.82) is 0 Å². The minimum absolute atomic E-state index is 0.758. The van der Waals surface area contributed by atoms with Gasteiger partial charge in [0.15, 0.2) is 0 Å². The summed E-state index contributed by atoms with van der Waals surface area (Å²) >= 11 is 2.12. The van der Waals surface area contributed by atoms with Gasteiger partial charge < -0.3 is 10.6 Å². The summed E-state index contributed by atoms with van der Waals surface area (Å²) in [5.41, 5.74) is 6.03. The fraction of sp³-hybridized carbons (Fsp3) is 1.00. The average Bonchev–Trinajstić information content (AvgIpc) is 2.65. The molecule has 3 heteroatoms. The number of nitrogens with zero attached hydrogens (tertiary/aromatic N) is 1. The number of likely N-dealkylation sites (tertiary alicyclic amines) is 1. The van der Waals surface area contributed by atoms with Gasteiger partial charge in [-0.15, -0.1) is 0 Å². The molecule has 0 aliphatic carbocycles. The molecule has 2 aliphatic rings. The first-order valence-electron chi connectivity index (χ1n) is 7.40. The van der Waals surface area contributed by atoms with Gasteiger partial charge >= 0.3 is 0 Å². The average molecular weight is 256 g/mol. The van der Waals surface area contributed by atoms with Crippen molar-refractivity contribution in [2.45, 2.75) is 38.5 Å². The van der Waals surface area contributed by atoms with E-state index in [2.05, 4.69) is 16.7 Å². The smallest absolute Gasteiger partial charge is 0.00244 e. The summed E-state index contributed by atoms with van der Waals surface area (Å²) in [6.45, 7) is 4.80. The molecule has 0 bridgehead atoms. The molecule has 2 rings (SSSR count). The van der Waals surface area contributed by atoms with Crippen LogP contribution in [0.2, 0.25) is 0 Å². The fourth-order valence-corrected chi connectivity index (χ4v) is 4.40. The largest absolute Gasteiger partial charge is 0.330 e. The van der Waals surface area contributed by atoms with E-state index in [1.54, 1.807) is 0 Å². The molecule has 100 valence electrons. The molecule has 0 radical (unpaired) electrons. The van der Waals surface area contributed by atoms with Crippen LogP contribution in [0.3, 0.4) is 0 Å². The first-order chi connectivity index (χ1) is 8.40. The fourth-order valence-electron chi connectivity index (χ4n) is 3.25. The second-order valence-corrected chi connectivity index (χ2v) is 6.89. The van der Waals surface area contributed by atoms with E-state index in [0.717, 1.165) is 18.4 Å². The summed E-state index contributed by atoms with van der Waals surface area (Å²) in [4.78, 5) is 2.69. The Morgan fingerprint density at radius 3 is 2.29 bits per heavy atom. The molecule has 2 N–H and O–H groups in total. The third-order valence-corrected chi connectivity index (χ3v) is 5.48. The second-order valence-electron chi connectivity index (χ2n) is 5.66. The first-order valence-corrected chi connectivity index (χ1v) is 8.56. The molecule has 0 spiro atoms. The Kier molecular flexibility index (Phi) is 6.16. The number of nitrogens with two attached hydrogens (primary N) is 1. The van der Waals surface area contributed by atoms with E-state index in [9.17, 15) is 0 Å². The van der Waals surface area contributed by atoms with E-state index in [4.69, 9.17) is 5.73 Å². The van der Waals surface area contributed by atoms with Crippen molar-refractivity contribution in [1.82, 2.24) is 4.90 Å². The lowest BCUT2D eigenvalue weighted by atomic mass is 9.87. The van der Waals surface area contributed by atoms with Gasteiger partial charge in [0.2, 0.25) is 0 Å². The lowest BCUT2D eigenvalue weighted by Crippen LogP contribution is -2.38. The molecule has 17 heavy (non-hydrogen) atoms. The van der Waals surface area contributed by atoms with Crippen molar-refractivity contribution in [3.63, 3.8) is 0 Å². The van der Waals surface area contributed by atoms with Crippen LogP contribution in [-0.2, 0) is 0 Å². The maximum absolute atomic E-state index is 6.03. The van der Waals surface area contributed by atoms with Gasteiger partial charge in [-0.1, -0.05) is 12.8 Å². The van der Waals surface area contributed by atoms with E-state index in [0.29, 0.717) is 0 Å². The Labute approximate surface area is 111 Å². The van der Waals surface area contributed by atoms with E-state index in [-0.39, 0.29) is 0 Å². The maximum Gasteiger partial charge on any atom is 0.00244 e. The van der Waals surface area contributed by atoms with Crippen LogP contribution >= 0.6 is 11.8 Å². The van der Waals surface area contributed by atoms with Crippen molar-refractivity contribution in [3.05, 3.63) is 0 Å².